The number of phosphoric acid groups is 1. The van der Waals surface area contributed by atoms with Gasteiger partial charge < -0.3 is 4.52 Å². The molecule has 0 aromatic heterocycles. The Morgan fingerprint density at radius 2 is 1.89 bits per heavy atom. The van der Waals surface area contributed by atoms with Gasteiger partial charge in [-0.05, 0) is 31.8 Å². The number of carbonyl (C=O) groups is 1. The molecule has 0 spiro atoms. The normalized spacial score (nSPS) is 27.2. The van der Waals surface area contributed by atoms with Gasteiger partial charge in [0.25, 0.3) is 0 Å². The highest BCUT2D eigenvalue weighted by Gasteiger charge is 2.39. The van der Waals surface area contributed by atoms with Gasteiger partial charge in [-0.3, -0.25) is 13.8 Å². The molecule has 0 aromatic carbocycles. The van der Waals surface area contributed by atoms with E-state index < -0.39 is 7.82 Å². The zero-order valence-corrected chi connectivity index (χ0v) is 11.7. The van der Waals surface area contributed by atoms with Gasteiger partial charge in [0.2, 0.25) is 0 Å². The lowest BCUT2D eigenvalue weighted by Gasteiger charge is -2.18. The number of allylic oxidation sites excluding steroid dienone is 2. The van der Waals surface area contributed by atoms with Gasteiger partial charge in [0.05, 0.1) is 13.2 Å². The Bertz CT molecular complexity index is 393. The summed E-state index contributed by atoms with van der Waals surface area (Å²) < 4.78 is 27.7. The molecule has 0 radical (unpaired) electrons. The van der Waals surface area contributed by atoms with E-state index in [9.17, 15) is 9.36 Å². The molecule has 0 aromatic rings. The molecular formula is C12H19O5P. The summed E-state index contributed by atoms with van der Waals surface area (Å²) in [6.07, 6.45) is 3.73. The van der Waals surface area contributed by atoms with Crippen LogP contribution in [0, 0.1) is 11.8 Å². The molecule has 2 aliphatic carbocycles. The van der Waals surface area contributed by atoms with Crippen LogP contribution in [0.25, 0.3) is 0 Å². The Morgan fingerprint density at radius 3 is 2.44 bits per heavy atom. The molecule has 2 unspecified atom stereocenters. The Balaban J connectivity index is 1.99. The molecule has 102 valence electrons. The van der Waals surface area contributed by atoms with Crippen molar-refractivity contribution in [1.29, 1.82) is 0 Å². The number of carbonyl (C=O) groups excluding carboxylic acids is 1. The number of hydrogen-bond donors (Lipinski definition) is 0. The fourth-order valence-electron chi connectivity index (χ4n) is 2.56. The largest absolute Gasteiger partial charge is 0.529 e. The number of rotatable bonds is 6. The van der Waals surface area contributed by atoms with Gasteiger partial charge in [0, 0.05) is 19.3 Å². The van der Waals surface area contributed by atoms with E-state index in [0.717, 1.165) is 0 Å². The topological polar surface area (TPSA) is 61.8 Å². The molecule has 2 atom stereocenters. The fraction of sp³-hybridized carbons (Fsp3) is 0.750. The molecule has 5 nitrogen and oxygen atoms in total. The minimum atomic E-state index is -3.48. The maximum atomic E-state index is 12.2. The lowest BCUT2D eigenvalue weighted by molar-refractivity contribution is -0.117. The molecule has 1 fully saturated rings. The zero-order chi connectivity index (χ0) is 13.2. The molecule has 0 saturated heterocycles. The van der Waals surface area contributed by atoms with E-state index in [0.29, 0.717) is 36.7 Å². The summed E-state index contributed by atoms with van der Waals surface area (Å²) in [4.78, 5) is 11.3. The van der Waals surface area contributed by atoms with E-state index in [4.69, 9.17) is 13.6 Å². The minimum absolute atomic E-state index is 0.240. The molecule has 1 saturated carbocycles. The van der Waals surface area contributed by atoms with E-state index in [1.54, 1.807) is 13.8 Å². The molecule has 0 amide bonds. The molecule has 0 heterocycles. The number of phosphoric ester groups is 1. The summed E-state index contributed by atoms with van der Waals surface area (Å²) in [6, 6.07) is 0. The second-order valence-corrected chi connectivity index (χ2v) is 6.18. The highest BCUT2D eigenvalue weighted by Crippen LogP contribution is 2.54. The maximum absolute atomic E-state index is 12.2. The molecule has 0 N–H and O–H groups in total. The standard InChI is InChI=1S/C12H19O5P/c1-3-15-18(14,16-4-2)17-12-7-9-5-11(13)6-10(9)8-12/h7,9-10H,3-6,8H2,1-2H3. The van der Waals surface area contributed by atoms with Crippen LogP contribution in [0.3, 0.4) is 0 Å². The molecular weight excluding hydrogens is 255 g/mol. The van der Waals surface area contributed by atoms with E-state index in [-0.39, 0.29) is 19.1 Å². The third kappa shape index (κ3) is 3.02. The Hall–Kier alpha value is -0.640. The van der Waals surface area contributed by atoms with E-state index >= 15 is 0 Å². The van der Waals surface area contributed by atoms with Crippen LogP contribution in [0.1, 0.15) is 33.1 Å². The molecule has 6 heteroatoms. The quantitative estimate of drug-likeness (QED) is 0.696. The molecule has 2 rings (SSSR count). The number of fused-ring (bicyclic) bond motifs is 1. The van der Waals surface area contributed by atoms with Crippen LogP contribution in [0.2, 0.25) is 0 Å². The lowest BCUT2D eigenvalue weighted by Crippen LogP contribution is -2.01. The number of ketones is 1. The zero-order valence-electron chi connectivity index (χ0n) is 10.8. The van der Waals surface area contributed by atoms with Gasteiger partial charge in [-0.2, -0.15) is 0 Å². The molecule has 0 aliphatic heterocycles. The summed E-state index contributed by atoms with van der Waals surface area (Å²) in [5, 5.41) is 0. The number of Topliss-reactive ketones (excluding diaryl/α,β-unsaturated/α-hetero) is 1. The van der Waals surface area contributed by atoms with E-state index in [1.165, 1.54) is 0 Å². The fourth-order valence-corrected chi connectivity index (χ4v) is 3.79. The highest BCUT2D eigenvalue weighted by atomic mass is 31.2. The third-order valence-corrected chi connectivity index (χ3v) is 4.83. The third-order valence-electron chi connectivity index (χ3n) is 3.23. The summed E-state index contributed by atoms with van der Waals surface area (Å²) in [6.45, 7) is 4.03. The first-order valence-electron chi connectivity index (χ1n) is 6.37. The van der Waals surface area contributed by atoms with Crippen molar-refractivity contribution in [2.24, 2.45) is 11.8 Å². The van der Waals surface area contributed by atoms with Gasteiger partial charge in [-0.1, -0.05) is 0 Å². The SMILES string of the molecule is CCOP(=O)(OCC)OC1=CC2CC(=O)CC2C1. The van der Waals surface area contributed by atoms with Crippen LogP contribution in [0.5, 0.6) is 0 Å². The predicted molar refractivity (Wildman–Crippen MR) is 65.9 cm³/mol. The summed E-state index contributed by atoms with van der Waals surface area (Å²) >= 11 is 0. The molecule has 0 bridgehead atoms. The second kappa shape index (κ2) is 5.55. The van der Waals surface area contributed by atoms with Crippen molar-refractivity contribution in [1.82, 2.24) is 0 Å². The first-order chi connectivity index (χ1) is 8.56. The Labute approximate surface area is 107 Å². The van der Waals surface area contributed by atoms with Crippen LogP contribution >= 0.6 is 7.82 Å². The lowest BCUT2D eigenvalue weighted by atomic mass is 10.0. The van der Waals surface area contributed by atoms with Crippen molar-refractivity contribution in [3.05, 3.63) is 11.8 Å². The van der Waals surface area contributed by atoms with Gasteiger partial charge in [0.15, 0.2) is 0 Å². The summed E-state index contributed by atoms with van der Waals surface area (Å²) in [5.74, 6) is 1.49. The monoisotopic (exact) mass is 274 g/mol. The van der Waals surface area contributed by atoms with Crippen LogP contribution in [-0.2, 0) is 22.9 Å². The van der Waals surface area contributed by atoms with Gasteiger partial charge in [-0.15, -0.1) is 0 Å². The molecule has 2 aliphatic rings. The summed E-state index contributed by atoms with van der Waals surface area (Å²) in [5.41, 5.74) is 0. The smallest absolute Gasteiger partial charge is 0.409 e. The minimum Gasteiger partial charge on any atom is -0.409 e. The number of hydrogen-bond acceptors (Lipinski definition) is 5. The predicted octanol–water partition coefficient (Wildman–Crippen LogP) is 3.07. The van der Waals surface area contributed by atoms with Gasteiger partial charge in [-0.25, -0.2) is 4.57 Å². The highest BCUT2D eigenvalue weighted by molar-refractivity contribution is 7.48. The van der Waals surface area contributed by atoms with Crippen molar-refractivity contribution in [2.75, 3.05) is 13.2 Å². The Morgan fingerprint density at radius 1 is 1.22 bits per heavy atom. The second-order valence-electron chi connectivity index (χ2n) is 4.58. The van der Waals surface area contributed by atoms with Gasteiger partial charge >= 0.3 is 7.82 Å². The van der Waals surface area contributed by atoms with Crippen molar-refractivity contribution in [3.8, 4) is 0 Å². The average Bonchev–Trinajstić information content (AvgIpc) is 2.74. The van der Waals surface area contributed by atoms with Crippen LogP contribution in [0.4, 0.5) is 0 Å². The van der Waals surface area contributed by atoms with E-state index in [2.05, 4.69) is 0 Å². The van der Waals surface area contributed by atoms with Crippen LogP contribution in [0.15, 0.2) is 11.8 Å². The van der Waals surface area contributed by atoms with Crippen LogP contribution < -0.4 is 0 Å². The van der Waals surface area contributed by atoms with Crippen molar-refractivity contribution >= 4 is 13.6 Å². The molecule has 18 heavy (non-hydrogen) atoms. The van der Waals surface area contributed by atoms with Crippen molar-refractivity contribution < 1.29 is 22.9 Å². The average molecular weight is 274 g/mol. The van der Waals surface area contributed by atoms with Crippen molar-refractivity contribution in [3.63, 3.8) is 0 Å². The Kier molecular flexibility index (Phi) is 4.25. The maximum Gasteiger partial charge on any atom is 0.529 e. The summed E-state index contributed by atoms with van der Waals surface area (Å²) in [7, 11) is -3.48. The van der Waals surface area contributed by atoms with Crippen molar-refractivity contribution in [2.45, 2.75) is 33.1 Å². The first kappa shape index (κ1) is 13.8. The van der Waals surface area contributed by atoms with E-state index in [1.807, 2.05) is 6.08 Å². The first-order valence-corrected chi connectivity index (χ1v) is 7.83. The van der Waals surface area contributed by atoms with Gasteiger partial charge in [0.1, 0.15) is 11.5 Å². The van der Waals surface area contributed by atoms with Crippen LogP contribution in [-0.4, -0.2) is 19.0 Å².